The second-order valence-electron chi connectivity index (χ2n) is 18.9. The molecular weight excluding hydrogens is 1570 g/mol. The molecule has 5 rings (SSSR count). The SMILES string of the molecule is CCSC(C)CSc1c(C)sc(C)c1SCC(C)SCC.CCSCCSc1c(C)sc(C)c1SCCSCC.CCSCSc1c(C)sc(C)c1SCSCC.CSCCSc1c(C)sc(C)c1SCCSC.CSCSc1c(C)sc(C)c1SCSC. The van der Waals surface area contributed by atoms with Crippen molar-refractivity contribution in [2.45, 2.75) is 184 Å². The second kappa shape index (κ2) is 58.9. The molecule has 2 atom stereocenters. The molecule has 0 aliphatic rings. The van der Waals surface area contributed by atoms with Crippen LogP contribution >= 0.6 is 292 Å². The third-order valence-electron chi connectivity index (χ3n) is 11.6. The van der Waals surface area contributed by atoms with Crippen LogP contribution in [0.15, 0.2) is 49.0 Å². The van der Waals surface area contributed by atoms with Crippen LogP contribution in [-0.4, -0.2) is 148 Å². The summed E-state index contributed by atoms with van der Waals surface area (Å²) >= 11 is 50.0. The van der Waals surface area contributed by atoms with Crippen LogP contribution in [0.2, 0.25) is 0 Å². The Morgan fingerprint density at radius 3 is 0.697 bits per heavy atom. The van der Waals surface area contributed by atoms with Crippen molar-refractivity contribution in [1.29, 1.82) is 0 Å². The highest BCUT2D eigenvalue weighted by Crippen LogP contribution is 2.47. The van der Waals surface area contributed by atoms with E-state index in [4.69, 9.17) is 0 Å². The van der Waals surface area contributed by atoms with Gasteiger partial charge in [-0.05, 0) is 129 Å². The Kier molecular flexibility index (Phi) is 61.3. The fourth-order valence-electron chi connectivity index (χ4n) is 7.70. The predicted molar refractivity (Wildman–Crippen MR) is 477 cm³/mol. The van der Waals surface area contributed by atoms with Gasteiger partial charge in [-0.25, -0.2) is 0 Å². The number of hydrogen-bond acceptors (Lipinski definition) is 25. The summed E-state index contributed by atoms with van der Waals surface area (Å²) in [6.07, 6.45) is 8.69. The van der Waals surface area contributed by atoms with Gasteiger partial charge in [0.2, 0.25) is 0 Å². The van der Waals surface area contributed by atoms with E-state index in [1.54, 1.807) is 29.4 Å². The predicted octanol–water partition coefficient (Wildman–Crippen LogP) is 29.3. The van der Waals surface area contributed by atoms with Gasteiger partial charge in [0.1, 0.15) is 0 Å². The number of aryl methyl sites for hydroxylation is 10. The summed E-state index contributed by atoms with van der Waals surface area (Å²) in [5, 5.41) is 6.16. The van der Waals surface area contributed by atoms with Gasteiger partial charge in [-0.3, -0.25) is 0 Å². The van der Waals surface area contributed by atoms with Gasteiger partial charge in [-0.15, -0.1) is 174 Å². The maximum Gasteiger partial charge on any atom is 0.0440 e. The van der Waals surface area contributed by atoms with Gasteiger partial charge >= 0.3 is 0 Å². The summed E-state index contributed by atoms with van der Waals surface area (Å²) in [6, 6.07) is 0. The molecule has 89 heavy (non-hydrogen) atoms. The van der Waals surface area contributed by atoms with Crippen molar-refractivity contribution in [3.63, 3.8) is 0 Å². The van der Waals surface area contributed by atoms with Gasteiger partial charge in [0, 0.05) is 186 Å². The van der Waals surface area contributed by atoms with E-state index in [-0.39, 0.29) is 0 Å². The van der Waals surface area contributed by atoms with Crippen molar-refractivity contribution in [3.8, 4) is 0 Å². The Morgan fingerprint density at radius 2 is 0.472 bits per heavy atom. The molecule has 5 aromatic rings. The molecule has 0 amide bonds. The van der Waals surface area contributed by atoms with Gasteiger partial charge in [0.15, 0.2) is 0 Å². The first-order valence-corrected chi connectivity index (χ1v) is 56.3. The van der Waals surface area contributed by atoms with Crippen molar-refractivity contribution >= 4 is 292 Å². The highest BCUT2D eigenvalue weighted by molar-refractivity contribution is 8.18. The normalized spacial score (nSPS) is 11.8. The largest absolute Gasteiger partial charge is 0.165 e. The summed E-state index contributed by atoms with van der Waals surface area (Å²) in [7, 11) is 0. The Hall–Kier alpha value is 5.50. The van der Waals surface area contributed by atoms with Crippen molar-refractivity contribution in [2.24, 2.45) is 0 Å². The molecule has 0 aliphatic heterocycles. The first-order chi connectivity index (χ1) is 42.8. The van der Waals surface area contributed by atoms with Gasteiger partial charge in [-0.2, -0.15) is 118 Å². The third kappa shape index (κ3) is 39.1. The average molecular weight is 1680 g/mol. The first-order valence-electron chi connectivity index (χ1n) is 30.1. The third-order valence-corrected chi connectivity index (χ3v) is 42.2. The maximum atomic E-state index is 2.35. The minimum atomic E-state index is 0.743. The van der Waals surface area contributed by atoms with Crippen LogP contribution < -0.4 is 0 Å². The van der Waals surface area contributed by atoms with E-state index >= 15 is 0 Å². The number of thiophene rings is 5. The van der Waals surface area contributed by atoms with E-state index in [1.165, 1.54) is 171 Å². The van der Waals surface area contributed by atoms with Crippen LogP contribution in [0, 0.1) is 69.2 Å². The standard InChI is InChI=1S/C16H28S5.C14H24S5.2C12H20S5.C10H16S5/c1-7-17-11(3)9-19-15-13(5)21-14(6)16(15)20-10-12(4)18-8-2;1-5-15-7-9-17-13-11(3)19-12(4)14(13)18-10-8-16-6-2;1-9-11(15-7-5-13-3)12(10(2)17-9)16-8-6-14-4;1-5-13-7-15-11-9(3)17-10(4)12(11)16-8-14-6-2;1-7-9(13-5-11-3)10(8(2)15-7)14-6-12-4/h11-12H,7-10H2,1-6H3;5-10H2,1-4H3;2*5-8H2,1-4H3;5-6H2,1-4H3. The minimum Gasteiger partial charge on any atom is -0.165 e. The molecular formula is C64H108S25. The van der Waals surface area contributed by atoms with Crippen LogP contribution in [0.5, 0.6) is 0 Å². The Balaban J connectivity index is 0.000000559. The molecule has 5 aromatic heterocycles. The zero-order valence-electron chi connectivity index (χ0n) is 57.5. The van der Waals surface area contributed by atoms with Crippen LogP contribution in [-0.2, 0) is 0 Å². The summed E-state index contributed by atoms with van der Waals surface area (Å²) in [5.74, 6) is 19.8. The first kappa shape index (κ1) is 92.5. The van der Waals surface area contributed by atoms with E-state index < -0.39 is 0 Å². The lowest BCUT2D eigenvalue weighted by Gasteiger charge is -2.13. The lowest BCUT2D eigenvalue weighted by molar-refractivity contribution is 1.10. The van der Waals surface area contributed by atoms with Gasteiger partial charge in [0.05, 0.1) is 0 Å². The molecule has 25 heteroatoms. The van der Waals surface area contributed by atoms with Crippen molar-refractivity contribution in [2.75, 3.05) is 137 Å². The van der Waals surface area contributed by atoms with E-state index in [0.29, 0.717) is 0 Å². The second-order valence-corrected chi connectivity index (χ2v) is 50.4. The van der Waals surface area contributed by atoms with Crippen LogP contribution in [0.4, 0.5) is 0 Å². The fraction of sp³-hybridized carbons (Fsp3) is 0.688. The zero-order chi connectivity index (χ0) is 66.5. The van der Waals surface area contributed by atoms with E-state index in [9.17, 15) is 0 Å². The van der Waals surface area contributed by atoms with E-state index in [0.717, 1.165) is 20.7 Å². The fourth-order valence-corrected chi connectivity index (χ4v) is 35.2. The molecule has 0 bridgehead atoms. The molecule has 0 aromatic carbocycles. The lowest BCUT2D eigenvalue weighted by Crippen LogP contribution is -2.01. The molecule has 0 saturated heterocycles. The molecule has 0 saturated carbocycles. The molecule has 0 aliphatic carbocycles. The molecule has 0 radical (unpaired) electrons. The summed E-state index contributed by atoms with van der Waals surface area (Å²) in [5.41, 5.74) is 0. The van der Waals surface area contributed by atoms with Gasteiger partial charge in [-0.1, -0.05) is 55.4 Å². The smallest absolute Gasteiger partial charge is 0.0440 e. The average Bonchev–Trinajstić information content (AvgIpc) is 3.53. The molecule has 514 valence electrons. The highest BCUT2D eigenvalue weighted by Gasteiger charge is 2.19. The van der Waals surface area contributed by atoms with E-state index in [1.807, 2.05) is 221 Å². The topological polar surface area (TPSA) is 0 Å². The quantitative estimate of drug-likeness (QED) is 0.0207. The van der Waals surface area contributed by atoms with Gasteiger partial charge < -0.3 is 0 Å². The Labute approximate surface area is 652 Å². The van der Waals surface area contributed by atoms with Crippen molar-refractivity contribution in [3.05, 3.63) is 48.8 Å². The van der Waals surface area contributed by atoms with Crippen molar-refractivity contribution in [1.82, 2.24) is 0 Å². The lowest BCUT2D eigenvalue weighted by atomic mass is 10.4. The molecule has 2 unspecified atom stereocenters. The molecule has 0 nitrogen and oxygen atoms in total. The molecule has 5 heterocycles. The number of rotatable bonds is 42. The van der Waals surface area contributed by atoms with Crippen LogP contribution in [0.25, 0.3) is 0 Å². The number of thioether (sulfide) groups is 20. The summed E-state index contributed by atoms with van der Waals surface area (Å²) in [4.78, 5) is 30.4. The minimum absolute atomic E-state index is 0.743. The zero-order valence-corrected chi connectivity index (χ0v) is 77.9. The summed E-state index contributed by atoms with van der Waals surface area (Å²) < 4.78 is 0. The Bertz CT molecular complexity index is 2310. The molecule has 0 spiro atoms. The summed E-state index contributed by atoms with van der Waals surface area (Å²) in [6.45, 7) is 40.8. The molecule has 0 N–H and O–H groups in total. The van der Waals surface area contributed by atoms with Crippen molar-refractivity contribution < 1.29 is 0 Å². The van der Waals surface area contributed by atoms with E-state index in [2.05, 4.69) is 220 Å². The van der Waals surface area contributed by atoms with Crippen LogP contribution in [0.3, 0.4) is 0 Å². The highest BCUT2D eigenvalue weighted by atomic mass is 32.2. The maximum absolute atomic E-state index is 2.35. The monoisotopic (exact) mass is 1680 g/mol. The number of hydrogen-bond donors (Lipinski definition) is 0. The van der Waals surface area contributed by atoms with Gasteiger partial charge in [0.25, 0.3) is 0 Å². The molecule has 0 fully saturated rings. The Morgan fingerprint density at radius 1 is 0.247 bits per heavy atom. The van der Waals surface area contributed by atoms with Crippen LogP contribution in [0.1, 0.15) is 104 Å².